The molecule has 0 saturated heterocycles. The lowest BCUT2D eigenvalue weighted by Gasteiger charge is -2.09. The molecule has 72 valence electrons. The zero-order valence-electron chi connectivity index (χ0n) is 7.34. The van der Waals surface area contributed by atoms with E-state index in [4.69, 9.17) is 5.11 Å². The number of carbonyl (C=O) groups is 1. The number of aliphatic hydroxyl groups is 1. The summed E-state index contributed by atoms with van der Waals surface area (Å²) in [5, 5.41) is 21.8. The molecule has 5 nitrogen and oxygen atoms in total. The second-order valence-corrected chi connectivity index (χ2v) is 2.69. The Bertz CT molecular complexity index is 295. The Morgan fingerprint density at radius 1 is 1.77 bits per heavy atom. The molecule has 1 rings (SSSR count). The highest BCUT2D eigenvalue weighted by atomic mass is 16.4. The van der Waals surface area contributed by atoms with Crippen molar-refractivity contribution in [2.75, 3.05) is 0 Å². The molecule has 5 heteroatoms. The number of aliphatic carboxylic acids is 1. The minimum absolute atomic E-state index is 0.286. The number of carboxylic acids is 1. The standard InChI is InChI=1S/C8H12N2O3/c1-2-10-6(3-4-9-10)7(11)5-8(12)13/h3-4,7,11H,2,5H2,1H3,(H,12,13)/t7-/m1/s1. The molecule has 0 aromatic carbocycles. The maximum Gasteiger partial charge on any atom is 0.306 e. The summed E-state index contributed by atoms with van der Waals surface area (Å²) in [7, 11) is 0. The summed E-state index contributed by atoms with van der Waals surface area (Å²) in [6.07, 6.45) is 0.287. The second kappa shape index (κ2) is 4.04. The van der Waals surface area contributed by atoms with Gasteiger partial charge in [-0.1, -0.05) is 0 Å². The minimum atomic E-state index is -1.02. The van der Waals surface area contributed by atoms with E-state index in [9.17, 15) is 9.90 Å². The van der Waals surface area contributed by atoms with Gasteiger partial charge in [-0.3, -0.25) is 9.48 Å². The Kier molecular flexibility index (Phi) is 3.02. The van der Waals surface area contributed by atoms with E-state index >= 15 is 0 Å². The molecule has 0 amide bonds. The van der Waals surface area contributed by atoms with Gasteiger partial charge in [0.15, 0.2) is 0 Å². The highest BCUT2D eigenvalue weighted by Crippen LogP contribution is 2.15. The molecule has 0 bridgehead atoms. The number of hydrogen-bond donors (Lipinski definition) is 2. The van der Waals surface area contributed by atoms with Gasteiger partial charge in [-0.05, 0) is 13.0 Å². The molecule has 0 unspecified atom stereocenters. The van der Waals surface area contributed by atoms with Gasteiger partial charge in [-0.2, -0.15) is 5.10 Å². The van der Waals surface area contributed by atoms with Gasteiger partial charge in [0.2, 0.25) is 0 Å². The minimum Gasteiger partial charge on any atom is -0.481 e. The van der Waals surface area contributed by atoms with Crippen molar-refractivity contribution in [2.45, 2.75) is 26.0 Å². The Labute approximate surface area is 75.6 Å². The van der Waals surface area contributed by atoms with Crippen LogP contribution in [0.5, 0.6) is 0 Å². The molecule has 1 atom stereocenters. The maximum atomic E-state index is 10.3. The molecular weight excluding hydrogens is 172 g/mol. The molecular formula is C8H12N2O3. The van der Waals surface area contributed by atoms with Crippen molar-refractivity contribution in [3.8, 4) is 0 Å². The van der Waals surface area contributed by atoms with Crippen LogP contribution in [0.1, 0.15) is 25.1 Å². The number of hydrogen-bond acceptors (Lipinski definition) is 3. The molecule has 0 saturated carbocycles. The summed E-state index contributed by atoms with van der Waals surface area (Å²) in [4.78, 5) is 10.3. The van der Waals surface area contributed by atoms with Crippen LogP contribution < -0.4 is 0 Å². The van der Waals surface area contributed by atoms with Gasteiger partial charge in [0.1, 0.15) is 6.10 Å². The number of rotatable bonds is 4. The number of aromatic nitrogens is 2. The van der Waals surface area contributed by atoms with E-state index < -0.39 is 12.1 Å². The molecule has 13 heavy (non-hydrogen) atoms. The lowest BCUT2D eigenvalue weighted by atomic mass is 10.2. The van der Waals surface area contributed by atoms with Crippen LogP contribution in [0.15, 0.2) is 12.3 Å². The first-order valence-electron chi connectivity index (χ1n) is 4.06. The number of carboxylic acid groups (broad SMARTS) is 1. The monoisotopic (exact) mass is 184 g/mol. The fourth-order valence-corrected chi connectivity index (χ4v) is 1.16. The molecule has 1 aromatic rings. The van der Waals surface area contributed by atoms with E-state index in [0.29, 0.717) is 12.2 Å². The van der Waals surface area contributed by atoms with E-state index in [1.807, 2.05) is 6.92 Å². The molecule has 0 aliphatic heterocycles. The van der Waals surface area contributed by atoms with Crippen LogP contribution in [0.25, 0.3) is 0 Å². The van der Waals surface area contributed by atoms with Gasteiger partial charge >= 0.3 is 5.97 Å². The Morgan fingerprint density at radius 2 is 2.46 bits per heavy atom. The van der Waals surface area contributed by atoms with Gasteiger partial charge < -0.3 is 10.2 Å². The van der Waals surface area contributed by atoms with Crippen molar-refractivity contribution in [3.63, 3.8) is 0 Å². The largest absolute Gasteiger partial charge is 0.481 e. The van der Waals surface area contributed by atoms with E-state index in [2.05, 4.69) is 5.10 Å². The zero-order valence-corrected chi connectivity index (χ0v) is 7.34. The molecule has 1 aromatic heterocycles. The number of nitrogens with zero attached hydrogens (tertiary/aromatic N) is 2. The molecule has 0 aliphatic rings. The lowest BCUT2D eigenvalue weighted by molar-refractivity contribution is -0.139. The first kappa shape index (κ1) is 9.73. The highest BCUT2D eigenvalue weighted by molar-refractivity contribution is 5.67. The molecule has 0 fully saturated rings. The highest BCUT2D eigenvalue weighted by Gasteiger charge is 2.15. The van der Waals surface area contributed by atoms with E-state index in [1.165, 1.54) is 0 Å². The van der Waals surface area contributed by atoms with Gasteiger partial charge in [-0.25, -0.2) is 0 Å². The fraction of sp³-hybridized carbons (Fsp3) is 0.500. The van der Waals surface area contributed by atoms with Gasteiger partial charge in [-0.15, -0.1) is 0 Å². The van der Waals surface area contributed by atoms with E-state index in [0.717, 1.165) is 0 Å². The normalized spacial score (nSPS) is 12.8. The Balaban J connectivity index is 2.75. The Morgan fingerprint density at radius 3 is 3.00 bits per heavy atom. The average molecular weight is 184 g/mol. The fourth-order valence-electron chi connectivity index (χ4n) is 1.16. The molecule has 2 N–H and O–H groups in total. The van der Waals surface area contributed by atoms with Crippen LogP contribution in [0.4, 0.5) is 0 Å². The Hall–Kier alpha value is -1.36. The van der Waals surface area contributed by atoms with E-state index in [1.54, 1.807) is 16.9 Å². The summed E-state index contributed by atoms with van der Waals surface area (Å²) < 4.78 is 1.58. The summed E-state index contributed by atoms with van der Waals surface area (Å²) in [5.74, 6) is -1.02. The first-order chi connectivity index (χ1) is 6.15. The molecule has 1 heterocycles. The van der Waals surface area contributed by atoms with Crippen LogP contribution in [0, 0.1) is 0 Å². The van der Waals surface area contributed by atoms with Crippen molar-refractivity contribution in [1.82, 2.24) is 9.78 Å². The zero-order chi connectivity index (χ0) is 9.84. The van der Waals surface area contributed by atoms with Crippen LogP contribution in [0.3, 0.4) is 0 Å². The number of aliphatic hydroxyl groups excluding tert-OH is 1. The van der Waals surface area contributed by atoms with Crippen LogP contribution in [0.2, 0.25) is 0 Å². The topological polar surface area (TPSA) is 75.3 Å². The SMILES string of the molecule is CCn1nccc1[C@H](O)CC(=O)O. The third-order valence-corrected chi connectivity index (χ3v) is 1.76. The van der Waals surface area contributed by atoms with Gasteiger partial charge in [0.05, 0.1) is 12.1 Å². The van der Waals surface area contributed by atoms with Crippen molar-refractivity contribution in [3.05, 3.63) is 18.0 Å². The van der Waals surface area contributed by atoms with Crippen molar-refractivity contribution < 1.29 is 15.0 Å². The third-order valence-electron chi connectivity index (χ3n) is 1.76. The lowest BCUT2D eigenvalue weighted by Crippen LogP contribution is -2.11. The quantitative estimate of drug-likeness (QED) is 0.710. The summed E-state index contributed by atoms with van der Waals surface area (Å²) in [5.41, 5.74) is 0.546. The third kappa shape index (κ3) is 2.29. The first-order valence-corrected chi connectivity index (χ1v) is 4.06. The molecule has 0 aliphatic carbocycles. The van der Waals surface area contributed by atoms with Crippen LogP contribution in [-0.2, 0) is 11.3 Å². The molecule has 0 spiro atoms. The van der Waals surface area contributed by atoms with Crippen LogP contribution >= 0.6 is 0 Å². The molecule has 0 radical (unpaired) electrons. The van der Waals surface area contributed by atoms with Gasteiger partial charge in [0, 0.05) is 12.7 Å². The van der Waals surface area contributed by atoms with Crippen molar-refractivity contribution >= 4 is 5.97 Å². The predicted octanol–water partition coefficient (Wildman–Crippen LogP) is 0.411. The smallest absolute Gasteiger partial charge is 0.306 e. The summed E-state index contributed by atoms with van der Waals surface area (Å²) in [6, 6.07) is 1.62. The second-order valence-electron chi connectivity index (χ2n) is 2.69. The van der Waals surface area contributed by atoms with Crippen LogP contribution in [-0.4, -0.2) is 26.0 Å². The summed E-state index contributed by atoms with van der Waals surface area (Å²) in [6.45, 7) is 2.50. The van der Waals surface area contributed by atoms with Crippen molar-refractivity contribution in [1.29, 1.82) is 0 Å². The summed E-state index contributed by atoms with van der Waals surface area (Å²) >= 11 is 0. The number of aryl methyl sites for hydroxylation is 1. The maximum absolute atomic E-state index is 10.3. The van der Waals surface area contributed by atoms with E-state index in [-0.39, 0.29) is 6.42 Å². The van der Waals surface area contributed by atoms with Crippen molar-refractivity contribution in [2.24, 2.45) is 0 Å². The average Bonchev–Trinajstić information content (AvgIpc) is 2.49. The van der Waals surface area contributed by atoms with Gasteiger partial charge in [0.25, 0.3) is 0 Å². The predicted molar refractivity (Wildman–Crippen MR) is 45.1 cm³/mol.